The first-order valence-electron chi connectivity index (χ1n) is 5.89. The quantitative estimate of drug-likeness (QED) is 0.635. The normalized spacial score (nSPS) is 34.6. The van der Waals surface area contributed by atoms with E-state index in [1.807, 2.05) is 6.92 Å². The second-order valence-corrected chi connectivity index (χ2v) is 4.77. The van der Waals surface area contributed by atoms with Crippen molar-refractivity contribution in [2.24, 2.45) is 16.6 Å². The predicted molar refractivity (Wildman–Crippen MR) is 66.5 cm³/mol. The van der Waals surface area contributed by atoms with Gasteiger partial charge in [0.25, 0.3) is 0 Å². The molecule has 0 saturated carbocycles. The van der Waals surface area contributed by atoms with Crippen molar-refractivity contribution in [1.82, 2.24) is 10.2 Å². The van der Waals surface area contributed by atoms with Gasteiger partial charge in [-0.15, -0.1) is 6.42 Å². The van der Waals surface area contributed by atoms with E-state index in [2.05, 4.69) is 23.2 Å². The Labute approximate surface area is 101 Å². The average molecular weight is 234 g/mol. The van der Waals surface area contributed by atoms with Gasteiger partial charge in [0.15, 0.2) is 0 Å². The molecule has 2 rings (SSSR count). The monoisotopic (exact) mass is 234 g/mol. The average Bonchev–Trinajstić information content (AvgIpc) is 2.55. The van der Waals surface area contributed by atoms with Crippen LogP contribution >= 0.6 is 0 Å². The summed E-state index contributed by atoms with van der Waals surface area (Å²) >= 11 is 0. The minimum Gasteiger partial charge on any atom is -0.385 e. The van der Waals surface area contributed by atoms with Gasteiger partial charge in [-0.05, 0) is 25.8 Å². The largest absolute Gasteiger partial charge is 0.385 e. The molecule has 5 nitrogen and oxygen atoms in total. The van der Waals surface area contributed by atoms with Gasteiger partial charge >= 0.3 is 6.03 Å². The first-order chi connectivity index (χ1) is 8.04. The summed E-state index contributed by atoms with van der Waals surface area (Å²) in [4.78, 5) is 17.5. The summed E-state index contributed by atoms with van der Waals surface area (Å²) in [6, 6.07) is -0.588. The third kappa shape index (κ3) is 1.52. The smallest absolute Gasteiger partial charge is 0.347 e. The van der Waals surface area contributed by atoms with E-state index in [0.29, 0.717) is 5.84 Å². The number of carbonyl (C=O) groups is 1. The molecule has 2 heterocycles. The van der Waals surface area contributed by atoms with Crippen LogP contribution in [0.25, 0.3) is 0 Å². The number of nitrogens with two attached hydrogens (primary N) is 1. The van der Waals surface area contributed by atoms with Crippen LogP contribution in [0.3, 0.4) is 0 Å². The summed E-state index contributed by atoms with van der Waals surface area (Å²) in [5.41, 5.74) is 5.51. The van der Waals surface area contributed by atoms with Crippen molar-refractivity contribution in [3.05, 3.63) is 0 Å². The summed E-state index contributed by atoms with van der Waals surface area (Å²) in [7, 11) is 0. The van der Waals surface area contributed by atoms with Crippen molar-refractivity contribution in [2.75, 3.05) is 13.1 Å². The van der Waals surface area contributed by atoms with E-state index in [9.17, 15) is 4.79 Å². The summed E-state index contributed by atoms with van der Waals surface area (Å²) in [6.07, 6.45) is 6.21. The summed E-state index contributed by atoms with van der Waals surface area (Å²) in [6.45, 7) is 5.55. The molecular weight excluding hydrogens is 216 g/mol. The first-order valence-corrected chi connectivity index (χ1v) is 5.89. The molecule has 17 heavy (non-hydrogen) atoms. The number of nitrogens with one attached hydrogen (secondary N) is 1. The molecule has 92 valence electrons. The van der Waals surface area contributed by atoms with E-state index < -0.39 is 5.54 Å². The summed E-state index contributed by atoms with van der Waals surface area (Å²) in [5.74, 6) is 3.23. The molecule has 2 aliphatic heterocycles. The second kappa shape index (κ2) is 4.04. The van der Waals surface area contributed by atoms with Crippen LogP contribution in [0.1, 0.15) is 20.3 Å². The second-order valence-electron chi connectivity index (χ2n) is 4.77. The van der Waals surface area contributed by atoms with Gasteiger partial charge in [-0.25, -0.2) is 4.79 Å². The van der Waals surface area contributed by atoms with Crippen LogP contribution in [-0.2, 0) is 0 Å². The topological polar surface area (TPSA) is 70.7 Å². The molecular formula is C12H18N4O. The minimum absolute atomic E-state index is 0.210. The maximum atomic E-state index is 11.9. The molecule has 3 unspecified atom stereocenters. The Morgan fingerprint density at radius 1 is 1.76 bits per heavy atom. The molecule has 1 fully saturated rings. The fourth-order valence-corrected chi connectivity index (χ4v) is 2.88. The fraction of sp³-hybridized carbons (Fsp3) is 0.667. The number of hydrogen-bond acceptors (Lipinski definition) is 3. The predicted octanol–water partition coefficient (Wildman–Crippen LogP) is 0.169. The maximum Gasteiger partial charge on any atom is 0.347 e. The number of urea groups is 1. The fourth-order valence-electron chi connectivity index (χ4n) is 2.88. The zero-order valence-electron chi connectivity index (χ0n) is 10.2. The number of amidine groups is 1. The number of carbonyl (C=O) groups excluding carboxylic acids is 1. The molecule has 1 spiro atoms. The molecule has 1 saturated heterocycles. The highest BCUT2D eigenvalue weighted by Gasteiger charge is 2.54. The van der Waals surface area contributed by atoms with E-state index in [1.165, 1.54) is 0 Å². The Bertz CT molecular complexity index is 411. The number of terminal acetylenes is 1. The molecule has 2 amide bonds. The lowest BCUT2D eigenvalue weighted by molar-refractivity contribution is 0.0984. The lowest BCUT2D eigenvalue weighted by atomic mass is 9.77. The highest BCUT2D eigenvalue weighted by Crippen LogP contribution is 2.37. The molecule has 3 N–H and O–H groups in total. The van der Waals surface area contributed by atoms with Gasteiger partial charge in [0.05, 0.1) is 6.04 Å². The van der Waals surface area contributed by atoms with Gasteiger partial charge in [-0.3, -0.25) is 4.90 Å². The van der Waals surface area contributed by atoms with Gasteiger partial charge in [0.2, 0.25) is 0 Å². The Morgan fingerprint density at radius 2 is 2.47 bits per heavy atom. The third-order valence-electron chi connectivity index (χ3n) is 3.87. The number of nitrogens with zero attached hydrogens (tertiary/aromatic N) is 2. The highest BCUT2D eigenvalue weighted by molar-refractivity contribution is 6.06. The van der Waals surface area contributed by atoms with Crippen LogP contribution in [0.15, 0.2) is 4.99 Å². The zero-order chi connectivity index (χ0) is 12.6. The van der Waals surface area contributed by atoms with Crippen LogP contribution in [0.2, 0.25) is 0 Å². The van der Waals surface area contributed by atoms with Crippen molar-refractivity contribution >= 4 is 11.9 Å². The lowest BCUT2D eigenvalue weighted by Crippen LogP contribution is -2.65. The van der Waals surface area contributed by atoms with Gasteiger partial charge in [-0.1, -0.05) is 12.8 Å². The van der Waals surface area contributed by atoms with Crippen molar-refractivity contribution < 1.29 is 4.79 Å². The highest BCUT2D eigenvalue weighted by atomic mass is 16.2. The molecule has 0 aromatic heterocycles. The number of amides is 2. The van der Waals surface area contributed by atoms with E-state index in [4.69, 9.17) is 12.2 Å². The summed E-state index contributed by atoms with van der Waals surface area (Å²) in [5, 5.41) is 3.30. The Hall–Kier alpha value is -1.54. The molecule has 3 atom stereocenters. The van der Waals surface area contributed by atoms with E-state index in [-0.39, 0.29) is 18.0 Å². The van der Waals surface area contributed by atoms with Gasteiger partial charge in [0, 0.05) is 6.54 Å². The number of aliphatic imine (C=N–C) groups is 1. The van der Waals surface area contributed by atoms with Crippen LogP contribution in [0, 0.1) is 18.3 Å². The van der Waals surface area contributed by atoms with Crippen molar-refractivity contribution in [3.63, 3.8) is 0 Å². The summed E-state index contributed by atoms with van der Waals surface area (Å²) < 4.78 is 0. The molecule has 0 radical (unpaired) electrons. The number of rotatable bonds is 1. The molecule has 0 aromatic carbocycles. The van der Waals surface area contributed by atoms with Gasteiger partial charge in [-0.2, -0.15) is 4.99 Å². The van der Waals surface area contributed by atoms with Gasteiger partial charge in [0.1, 0.15) is 11.4 Å². The maximum absolute atomic E-state index is 11.9. The van der Waals surface area contributed by atoms with E-state index in [0.717, 1.165) is 19.5 Å². The van der Waals surface area contributed by atoms with E-state index >= 15 is 0 Å². The standard InChI is InChI=1S/C12H18N4O/c1-4-9(3)16-11(17)15-10(13)12(16)5-6-14-7-8(12)2/h1,8-9,14H,5-7H2,2-3H3,(H2,13,15,17). The molecule has 0 aromatic rings. The Kier molecular flexibility index (Phi) is 2.84. The lowest BCUT2D eigenvalue weighted by Gasteiger charge is -2.46. The molecule has 0 bridgehead atoms. The molecule has 2 aliphatic rings. The van der Waals surface area contributed by atoms with Crippen LogP contribution < -0.4 is 11.1 Å². The Balaban J connectivity index is 2.44. The zero-order valence-corrected chi connectivity index (χ0v) is 10.2. The molecule has 0 aliphatic carbocycles. The molecule has 5 heteroatoms. The van der Waals surface area contributed by atoms with Crippen LogP contribution in [0.5, 0.6) is 0 Å². The Morgan fingerprint density at radius 3 is 3.06 bits per heavy atom. The SMILES string of the molecule is C#CC(C)N1C(=O)N=C(N)C12CCNCC2C. The first kappa shape index (κ1) is 11.9. The minimum atomic E-state index is -0.492. The third-order valence-corrected chi connectivity index (χ3v) is 3.87. The van der Waals surface area contributed by atoms with Crippen molar-refractivity contribution in [3.8, 4) is 12.3 Å². The van der Waals surface area contributed by atoms with Crippen LogP contribution in [0.4, 0.5) is 4.79 Å². The van der Waals surface area contributed by atoms with E-state index in [1.54, 1.807) is 4.90 Å². The number of hydrogen-bond donors (Lipinski definition) is 2. The van der Waals surface area contributed by atoms with Gasteiger partial charge < -0.3 is 11.1 Å². The number of piperidine rings is 1. The van der Waals surface area contributed by atoms with Crippen LogP contribution in [-0.4, -0.2) is 41.4 Å². The van der Waals surface area contributed by atoms with Crippen molar-refractivity contribution in [2.45, 2.75) is 31.8 Å². The van der Waals surface area contributed by atoms with Crippen molar-refractivity contribution in [1.29, 1.82) is 0 Å².